The summed E-state index contributed by atoms with van der Waals surface area (Å²) in [6.07, 6.45) is 4.33. The number of hydrogen-bond acceptors (Lipinski definition) is 3. The van der Waals surface area contributed by atoms with Crippen molar-refractivity contribution in [2.24, 2.45) is 11.7 Å². The van der Waals surface area contributed by atoms with Gasteiger partial charge in [0.05, 0.1) is 0 Å². The molecule has 70 valence electrons. The Morgan fingerprint density at radius 2 is 1.67 bits per heavy atom. The number of carbonyl (C=O) groups excluding carboxylic acids is 1. The van der Waals surface area contributed by atoms with Crippen LogP contribution in [-0.4, -0.2) is 23.7 Å². The summed E-state index contributed by atoms with van der Waals surface area (Å²) in [7, 11) is 0. The van der Waals surface area contributed by atoms with Gasteiger partial charge in [-0.15, -0.1) is 0 Å². The Hall–Kier alpha value is -0.650. The van der Waals surface area contributed by atoms with Gasteiger partial charge >= 0.3 is 6.03 Å². The van der Waals surface area contributed by atoms with Gasteiger partial charge in [0.2, 0.25) is 0 Å². The SMILES string of the molecule is NNC(=O)[N+]1(N)CCCCCC1. The van der Waals surface area contributed by atoms with Gasteiger partial charge in [-0.1, -0.05) is 0 Å². The minimum absolute atomic E-state index is 0.0451. The number of likely N-dealkylation sites (tertiary alicyclic amines) is 1. The van der Waals surface area contributed by atoms with Crippen LogP contribution in [0.1, 0.15) is 25.7 Å². The normalized spacial score (nSPS) is 22.8. The number of rotatable bonds is 0. The maximum absolute atomic E-state index is 11.3. The Morgan fingerprint density at radius 1 is 1.17 bits per heavy atom. The third-order valence-electron chi connectivity index (χ3n) is 2.39. The van der Waals surface area contributed by atoms with E-state index in [2.05, 4.69) is 5.43 Å². The minimum Gasteiger partial charge on any atom is -0.243 e. The van der Waals surface area contributed by atoms with Crippen LogP contribution in [0.15, 0.2) is 0 Å². The summed E-state index contributed by atoms with van der Waals surface area (Å²) in [5.74, 6) is 10.9. The number of hydrazine groups is 1. The molecule has 0 bridgehead atoms. The van der Waals surface area contributed by atoms with Crippen LogP contribution in [0.2, 0.25) is 0 Å². The molecule has 12 heavy (non-hydrogen) atoms. The van der Waals surface area contributed by atoms with Gasteiger partial charge in [0.25, 0.3) is 0 Å². The van der Waals surface area contributed by atoms with E-state index in [0.717, 1.165) is 25.7 Å². The van der Waals surface area contributed by atoms with E-state index in [9.17, 15) is 4.79 Å². The van der Waals surface area contributed by atoms with E-state index in [0.29, 0.717) is 13.1 Å². The van der Waals surface area contributed by atoms with E-state index in [1.54, 1.807) is 0 Å². The van der Waals surface area contributed by atoms with Gasteiger partial charge < -0.3 is 0 Å². The number of hydrogen-bond donors (Lipinski definition) is 3. The number of carbonyl (C=O) groups is 1. The van der Waals surface area contributed by atoms with Crippen LogP contribution >= 0.6 is 0 Å². The monoisotopic (exact) mass is 173 g/mol. The summed E-state index contributed by atoms with van der Waals surface area (Å²) < 4.78 is -0.0451. The second kappa shape index (κ2) is 3.84. The Labute approximate surface area is 72.2 Å². The van der Waals surface area contributed by atoms with Crippen molar-refractivity contribution in [2.45, 2.75) is 25.7 Å². The van der Waals surface area contributed by atoms with Crippen LogP contribution < -0.4 is 17.1 Å². The van der Waals surface area contributed by atoms with Gasteiger partial charge in [0.15, 0.2) is 0 Å². The molecule has 1 rings (SSSR count). The van der Waals surface area contributed by atoms with Crippen molar-refractivity contribution >= 4 is 6.03 Å². The highest BCUT2D eigenvalue weighted by Gasteiger charge is 2.33. The molecule has 1 aliphatic rings. The molecule has 5 nitrogen and oxygen atoms in total. The fourth-order valence-corrected chi connectivity index (χ4v) is 1.58. The molecule has 0 aromatic carbocycles. The molecule has 1 fully saturated rings. The lowest BCUT2D eigenvalue weighted by Crippen LogP contribution is -2.64. The Kier molecular flexibility index (Phi) is 3.02. The number of urea groups is 1. The number of nitrogens with two attached hydrogens (primary N) is 2. The van der Waals surface area contributed by atoms with Crippen molar-refractivity contribution in [3.8, 4) is 0 Å². The van der Waals surface area contributed by atoms with Crippen LogP contribution in [0, 0.1) is 0 Å². The van der Waals surface area contributed by atoms with E-state index >= 15 is 0 Å². The van der Waals surface area contributed by atoms with Gasteiger partial charge in [-0.3, -0.25) is 0 Å². The Morgan fingerprint density at radius 3 is 2.08 bits per heavy atom. The Balaban J connectivity index is 2.59. The summed E-state index contributed by atoms with van der Waals surface area (Å²) in [5, 5.41) is 0. The van der Waals surface area contributed by atoms with E-state index in [1.807, 2.05) is 0 Å². The second-order valence-corrected chi connectivity index (χ2v) is 3.34. The topological polar surface area (TPSA) is 81.1 Å². The number of amides is 2. The molecule has 2 amide bonds. The van der Waals surface area contributed by atoms with Crippen molar-refractivity contribution < 1.29 is 9.39 Å². The molecule has 0 aromatic heterocycles. The molecule has 0 aromatic rings. The molecule has 5 heteroatoms. The molecule has 1 heterocycles. The lowest BCUT2D eigenvalue weighted by atomic mass is 10.2. The first-order chi connectivity index (χ1) is 5.69. The van der Waals surface area contributed by atoms with Crippen molar-refractivity contribution in [1.29, 1.82) is 0 Å². The lowest BCUT2D eigenvalue weighted by molar-refractivity contribution is -0.862. The molecule has 1 aliphatic heterocycles. The van der Waals surface area contributed by atoms with E-state index < -0.39 is 0 Å². The molecule has 1 saturated heterocycles. The zero-order chi connectivity index (χ0) is 9.03. The first-order valence-corrected chi connectivity index (χ1v) is 4.36. The van der Waals surface area contributed by atoms with Gasteiger partial charge in [0.1, 0.15) is 13.1 Å². The maximum Gasteiger partial charge on any atom is 0.449 e. The molecule has 0 radical (unpaired) electrons. The van der Waals surface area contributed by atoms with Gasteiger partial charge in [0, 0.05) is 0 Å². The number of quaternary nitrogens is 1. The highest BCUT2D eigenvalue weighted by atomic mass is 16.2. The second-order valence-electron chi connectivity index (χ2n) is 3.34. The Bertz CT molecular complexity index is 163. The predicted molar refractivity (Wildman–Crippen MR) is 45.4 cm³/mol. The summed E-state index contributed by atoms with van der Waals surface area (Å²) in [5.41, 5.74) is 2.11. The average molecular weight is 173 g/mol. The highest BCUT2D eigenvalue weighted by Crippen LogP contribution is 2.13. The first kappa shape index (κ1) is 9.44. The molecule has 0 spiro atoms. The predicted octanol–water partition coefficient (Wildman–Crippen LogP) is -0.166. The zero-order valence-electron chi connectivity index (χ0n) is 7.25. The van der Waals surface area contributed by atoms with Crippen molar-refractivity contribution in [1.82, 2.24) is 5.43 Å². The van der Waals surface area contributed by atoms with Crippen molar-refractivity contribution in [3.63, 3.8) is 0 Å². The third kappa shape index (κ3) is 1.94. The summed E-state index contributed by atoms with van der Waals surface area (Å²) in [6, 6.07) is -0.281. The van der Waals surface area contributed by atoms with Crippen LogP contribution in [-0.2, 0) is 0 Å². The van der Waals surface area contributed by atoms with Gasteiger partial charge in [-0.2, -0.15) is 10.4 Å². The van der Waals surface area contributed by atoms with E-state index in [4.69, 9.17) is 11.7 Å². The third-order valence-corrected chi connectivity index (χ3v) is 2.39. The van der Waals surface area contributed by atoms with Crippen LogP contribution in [0.4, 0.5) is 4.79 Å². The summed E-state index contributed by atoms with van der Waals surface area (Å²) in [6.45, 7) is 1.39. The van der Waals surface area contributed by atoms with Crippen molar-refractivity contribution in [2.75, 3.05) is 13.1 Å². The fourth-order valence-electron chi connectivity index (χ4n) is 1.58. The standard InChI is InChI=1S/C7H16N4O/c8-10-7(12)11(9)5-3-1-2-4-6-11/h1-6,8-9H2/p+1. The van der Waals surface area contributed by atoms with Crippen LogP contribution in [0.5, 0.6) is 0 Å². The average Bonchev–Trinajstić information content (AvgIpc) is 2.29. The molecule has 0 saturated carbocycles. The number of nitrogens with one attached hydrogen (secondary N) is 1. The molecular formula is C7H17N4O+. The fraction of sp³-hybridized carbons (Fsp3) is 0.857. The molecule has 0 atom stereocenters. The van der Waals surface area contributed by atoms with Gasteiger partial charge in [-0.05, 0) is 25.7 Å². The quantitative estimate of drug-likeness (QED) is 0.206. The maximum atomic E-state index is 11.3. The molecule has 0 aliphatic carbocycles. The largest absolute Gasteiger partial charge is 0.449 e. The minimum atomic E-state index is -0.281. The van der Waals surface area contributed by atoms with Crippen molar-refractivity contribution in [3.05, 3.63) is 0 Å². The van der Waals surface area contributed by atoms with Crippen LogP contribution in [0.3, 0.4) is 0 Å². The van der Waals surface area contributed by atoms with E-state index in [1.165, 1.54) is 0 Å². The smallest absolute Gasteiger partial charge is 0.243 e. The molecule has 0 unspecified atom stereocenters. The highest BCUT2D eigenvalue weighted by molar-refractivity contribution is 5.65. The van der Waals surface area contributed by atoms with Gasteiger partial charge in [-0.25, -0.2) is 16.1 Å². The molecule has 5 N–H and O–H groups in total. The van der Waals surface area contributed by atoms with Crippen LogP contribution in [0.25, 0.3) is 0 Å². The molecular weight excluding hydrogens is 156 g/mol. The van der Waals surface area contributed by atoms with E-state index in [-0.39, 0.29) is 10.6 Å². The summed E-state index contributed by atoms with van der Waals surface area (Å²) in [4.78, 5) is 11.3. The lowest BCUT2D eigenvalue weighted by Gasteiger charge is -2.27. The number of nitrogens with zero attached hydrogens (tertiary/aromatic N) is 1. The zero-order valence-corrected chi connectivity index (χ0v) is 7.25. The first-order valence-electron chi connectivity index (χ1n) is 4.36. The summed E-state index contributed by atoms with van der Waals surface area (Å²) >= 11 is 0.